The van der Waals surface area contributed by atoms with Crippen molar-refractivity contribution in [2.75, 3.05) is 26.2 Å². The van der Waals surface area contributed by atoms with E-state index in [2.05, 4.69) is 54.0 Å². The number of amides is 1. The van der Waals surface area contributed by atoms with Gasteiger partial charge >= 0.3 is 0 Å². The Balaban J connectivity index is 0.00000169. The molecule has 3 rings (SSSR count). The number of hydrogen-bond acceptors (Lipinski definition) is 3. The summed E-state index contributed by atoms with van der Waals surface area (Å²) < 4.78 is 0. The number of carbonyl (C=O) groups is 1. The van der Waals surface area contributed by atoms with Gasteiger partial charge in [-0.25, -0.2) is 0 Å². The molecule has 2 atom stereocenters. The summed E-state index contributed by atoms with van der Waals surface area (Å²) in [7, 11) is 0. The van der Waals surface area contributed by atoms with Crippen molar-refractivity contribution in [3.8, 4) is 0 Å². The third-order valence-corrected chi connectivity index (χ3v) is 5.88. The van der Waals surface area contributed by atoms with E-state index in [1.807, 2.05) is 0 Å². The quantitative estimate of drug-likeness (QED) is 0.841. The molecule has 1 heterocycles. The van der Waals surface area contributed by atoms with Crippen LogP contribution >= 0.6 is 24.8 Å². The number of hydrogen-bond donors (Lipinski definition) is 1. The Hall–Kier alpha value is -0.810. The topological polar surface area (TPSA) is 49.6 Å². The van der Waals surface area contributed by atoms with Gasteiger partial charge in [0.15, 0.2) is 0 Å². The highest BCUT2D eigenvalue weighted by atomic mass is 35.5. The normalized spacial score (nSPS) is 25.3. The predicted molar refractivity (Wildman–Crippen MR) is 112 cm³/mol. The molecule has 4 nitrogen and oxygen atoms in total. The number of nitrogens with zero attached hydrogens (tertiary/aromatic N) is 2. The van der Waals surface area contributed by atoms with Crippen molar-refractivity contribution >= 4 is 30.7 Å². The zero-order valence-electron chi connectivity index (χ0n) is 15.9. The Bertz CT molecular complexity index is 567. The first-order chi connectivity index (χ1) is 11.5. The van der Waals surface area contributed by atoms with E-state index >= 15 is 0 Å². The van der Waals surface area contributed by atoms with Gasteiger partial charge in [0.1, 0.15) is 0 Å². The largest absolute Gasteiger partial charge is 0.339 e. The SMILES string of the molecule is CC1(C)CN(C(=O)[C@@H]2CCC[C@@H]2CN)CCN1Cc1ccccc1.Cl.Cl. The molecule has 0 bridgehead atoms. The number of carbonyl (C=O) groups excluding carboxylic acids is 1. The van der Waals surface area contributed by atoms with Gasteiger partial charge < -0.3 is 10.6 Å². The minimum Gasteiger partial charge on any atom is -0.339 e. The minimum atomic E-state index is 0. The molecular formula is C20H33Cl2N3O. The fraction of sp³-hybridized carbons (Fsp3) is 0.650. The lowest BCUT2D eigenvalue weighted by molar-refractivity contribution is -0.142. The molecule has 1 saturated carbocycles. The summed E-state index contributed by atoms with van der Waals surface area (Å²) in [6.45, 7) is 8.69. The maximum Gasteiger partial charge on any atom is 0.226 e. The molecule has 1 aromatic carbocycles. The first kappa shape index (κ1) is 23.2. The molecule has 2 fully saturated rings. The summed E-state index contributed by atoms with van der Waals surface area (Å²) in [5.74, 6) is 0.893. The van der Waals surface area contributed by atoms with E-state index in [1.54, 1.807) is 0 Å². The van der Waals surface area contributed by atoms with Gasteiger partial charge in [-0.15, -0.1) is 24.8 Å². The number of piperazine rings is 1. The van der Waals surface area contributed by atoms with Crippen LogP contribution in [0.2, 0.25) is 0 Å². The second kappa shape index (κ2) is 9.93. The van der Waals surface area contributed by atoms with Crippen molar-refractivity contribution < 1.29 is 4.79 Å². The molecule has 26 heavy (non-hydrogen) atoms. The highest BCUT2D eigenvalue weighted by Crippen LogP contribution is 2.34. The molecule has 1 aliphatic carbocycles. The summed E-state index contributed by atoms with van der Waals surface area (Å²) in [5, 5.41) is 0. The Morgan fingerprint density at radius 3 is 2.46 bits per heavy atom. The summed E-state index contributed by atoms with van der Waals surface area (Å²) in [6, 6.07) is 10.6. The van der Waals surface area contributed by atoms with Crippen LogP contribution in [0, 0.1) is 11.8 Å². The molecule has 1 aliphatic heterocycles. The second-order valence-corrected chi connectivity index (χ2v) is 8.01. The van der Waals surface area contributed by atoms with Crippen molar-refractivity contribution in [1.82, 2.24) is 9.80 Å². The van der Waals surface area contributed by atoms with Crippen LogP contribution in [-0.2, 0) is 11.3 Å². The van der Waals surface area contributed by atoms with Crippen molar-refractivity contribution in [1.29, 1.82) is 0 Å². The van der Waals surface area contributed by atoms with E-state index in [-0.39, 0.29) is 36.3 Å². The van der Waals surface area contributed by atoms with Gasteiger partial charge in [-0.1, -0.05) is 36.8 Å². The monoisotopic (exact) mass is 401 g/mol. The number of benzene rings is 1. The molecule has 148 valence electrons. The van der Waals surface area contributed by atoms with Crippen molar-refractivity contribution in [3.63, 3.8) is 0 Å². The molecule has 0 radical (unpaired) electrons. The van der Waals surface area contributed by atoms with E-state index in [0.717, 1.165) is 45.4 Å². The van der Waals surface area contributed by atoms with Crippen molar-refractivity contribution in [3.05, 3.63) is 35.9 Å². The highest BCUT2D eigenvalue weighted by Gasteiger charge is 2.40. The van der Waals surface area contributed by atoms with Gasteiger partial charge in [-0.05, 0) is 44.7 Å². The van der Waals surface area contributed by atoms with Gasteiger partial charge in [-0.2, -0.15) is 0 Å². The van der Waals surface area contributed by atoms with Gasteiger partial charge in [0.05, 0.1) is 0 Å². The zero-order chi connectivity index (χ0) is 17.2. The summed E-state index contributed by atoms with van der Waals surface area (Å²) in [5.41, 5.74) is 7.21. The average Bonchev–Trinajstić information content (AvgIpc) is 3.05. The molecule has 0 spiro atoms. The Kier molecular flexibility index (Phi) is 8.87. The van der Waals surface area contributed by atoms with Crippen LogP contribution in [0.3, 0.4) is 0 Å². The van der Waals surface area contributed by atoms with Crippen LogP contribution in [0.4, 0.5) is 0 Å². The Morgan fingerprint density at radius 2 is 1.85 bits per heavy atom. The molecule has 1 amide bonds. The summed E-state index contributed by atoms with van der Waals surface area (Å²) in [4.78, 5) is 17.6. The highest BCUT2D eigenvalue weighted by molar-refractivity contribution is 5.85. The minimum absolute atomic E-state index is 0. The molecular weight excluding hydrogens is 369 g/mol. The molecule has 2 N–H and O–H groups in total. The van der Waals surface area contributed by atoms with Crippen molar-refractivity contribution in [2.24, 2.45) is 17.6 Å². The molecule has 2 aliphatic rings. The maximum atomic E-state index is 13.0. The lowest BCUT2D eigenvalue weighted by Crippen LogP contribution is -2.60. The van der Waals surface area contributed by atoms with Crippen LogP contribution in [0.25, 0.3) is 0 Å². The van der Waals surface area contributed by atoms with E-state index in [1.165, 1.54) is 5.56 Å². The first-order valence-corrected chi connectivity index (χ1v) is 9.29. The van der Waals surface area contributed by atoms with Crippen LogP contribution in [-0.4, -0.2) is 47.4 Å². The number of rotatable bonds is 4. The standard InChI is InChI=1S/C20H31N3O.2ClH/c1-20(2)15-22(19(24)18-10-6-9-17(18)13-21)11-12-23(20)14-16-7-4-3-5-8-16;;/h3-5,7-8,17-18H,6,9-15,21H2,1-2H3;2*1H/t17-,18-;;/m1../s1. The van der Waals surface area contributed by atoms with E-state index < -0.39 is 0 Å². The second-order valence-electron chi connectivity index (χ2n) is 8.01. The van der Waals surface area contributed by atoms with Crippen LogP contribution < -0.4 is 5.73 Å². The lowest BCUT2D eigenvalue weighted by atomic mass is 9.92. The van der Waals surface area contributed by atoms with Crippen LogP contribution in [0.5, 0.6) is 0 Å². The molecule has 1 saturated heterocycles. The van der Waals surface area contributed by atoms with Gasteiger partial charge in [0.25, 0.3) is 0 Å². The van der Waals surface area contributed by atoms with E-state index in [4.69, 9.17) is 5.73 Å². The lowest BCUT2D eigenvalue weighted by Gasteiger charge is -2.48. The molecule has 0 unspecified atom stereocenters. The Labute approximate surface area is 170 Å². The summed E-state index contributed by atoms with van der Waals surface area (Å²) >= 11 is 0. The molecule has 6 heteroatoms. The number of halogens is 2. The third kappa shape index (κ3) is 5.13. The van der Waals surface area contributed by atoms with Gasteiger partial charge in [0, 0.05) is 37.6 Å². The Morgan fingerprint density at radius 1 is 1.15 bits per heavy atom. The fourth-order valence-electron chi connectivity index (χ4n) is 4.35. The molecule has 0 aromatic heterocycles. The maximum absolute atomic E-state index is 13.0. The average molecular weight is 402 g/mol. The zero-order valence-corrected chi connectivity index (χ0v) is 17.5. The number of nitrogens with two attached hydrogens (primary N) is 1. The van der Waals surface area contributed by atoms with Crippen LogP contribution in [0.15, 0.2) is 30.3 Å². The smallest absolute Gasteiger partial charge is 0.226 e. The molecule has 1 aromatic rings. The van der Waals surface area contributed by atoms with Gasteiger partial charge in [-0.3, -0.25) is 9.69 Å². The first-order valence-electron chi connectivity index (χ1n) is 9.29. The summed E-state index contributed by atoms with van der Waals surface area (Å²) in [6.07, 6.45) is 3.28. The van der Waals surface area contributed by atoms with Gasteiger partial charge in [0.2, 0.25) is 5.91 Å². The van der Waals surface area contributed by atoms with E-state index in [0.29, 0.717) is 18.4 Å². The fourth-order valence-corrected chi connectivity index (χ4v) is 4.35. The predicted octanol–water partition coefficient (Wildman–Crippen LogP) is 3.33. The third-order valence-electron chi connectivity index (χ3n) is 5.88. The van der Waals surface area contributed by atoms with Crippen molar-refractivity contribution in [2.45, 2.75) is 45.2 Å². The van der Waals surface area contributed by atoms with Crippen LogP contribution in [0.1, 0.15) is 38.7 Å². The van der Waals surface area contributed by atoms with E-state index in [9.17, 15) is 4.79 Å².